The first-order valence-electron chi connectivity index (χ1n) is 20.0. The summed E-state index contributed by atoms with van der Waals surface area (Å²) in [4.78, 5) is 54.6. The summed E-state index contributed by atoms with van der Waals surface area (Å²) in [7, 11) is -33.0. The van der Waals surface area contributed by atoms with Gasteiger partial charge < -0.3 is 68.3 Å². The Morgan fingerprint density at radius 1 is 0.354 bits per heavy atom. The van der Waals surface area contributed by atoms with Crippen molar-refractivity contribution >= 4 is 104 Å². The van der Waals surface area contributed by atoms with Gasteiger partial charge in [0.25, 0.3) is 0 Å². The van der Waals surface area contributed by atoms with Gasteiger partial charge in [-0.1, -0.05) is 0 Å². The molecule has 12 N–H and O–H groups in total. The summed E-state index contributed by atoms with van der Waals surface area (Å²) in [5.41, 5.74) is 0. The van der Waals surface area contributed by atoms with Crippen molar-refractivity contribution in [2.75, 3.05) is 80.0 Å². The van der Waals surface area contributed by atoms with E-state index in [9.17, 15) is 86.0 Å². The van der Waals surface area contributed by atoms with E-state index in [1.807, 2.05) is 0 Å². The van der Waals surface area contributed by atoms with Crippen LogP contribution < -0.4 is 5.02 Å². The molecule has 0 atom stereocenters. The van der Waals surface area contributed by atoms with Gasteiger partial charge >= 0.3 is 97.4 Å². The van der Waals surface area contributed by atoms with Crippen LogP contribution in [0.25, 0.3) is 0 Å². The van der Waals surface area contributed by atoms with Crippen LogP contribution in [0.15, 0.2) is 0 Å². The van der Waals surface area contributed by atoms with Crippen LogP contribution >= 0.6 is 0 Å². The van der Waals surface area contributed by atoms with Crippen molar-refractivity contribution in [1.29, 1.82) is 0 Å². The van der Waals surface area contributed by atoms with Gasteiger partial charge in [0.1, 0.15) is 0 Å². The maximum absolute atomic E-state index is 11.8. The number of carboxylic acids is 6. The first kappa shape index (κ1) is 96.9. The first-order chi connectivity index (χ1) is 34.2. The largest absolute Gasteiger partial charge is 0.832 e. The lowest BCUT2D eigenvalue weighted by Crippen LogP contribution is -2.42. The standard InChI is InChI=1S/3C7H18N.3C2H2O4.3CH2F2O6S2.BH2O3/c3*1-5-8(4,6-2)7-3;3*3-1(4)2(5)6;3*2-1(3,10(4,5)6)11(7,8)9;2-1(3)4/h3*5-7H2,1-4H3;3*(H,3,4)(H,5,6);3*(H,4,5,6)(H,7,8,9);2-3H/q3*+1;;;;;;;-1/p-2. The number of rotatable bonds is 15. The molecule has 79 heavy (non-hydrogen) atoms. The van der Waals surface area contributed by atoms with Crippen molar-refractivity contribution in [3.8, 4) is 0 Å². The highest BCUT2D eigenvalue weighted by Gasteiger charge is 2.58. The second kappa shape index (κ2) is 40.8. The van der Waals surface area contributed by atoms with Gasteiger partial charge in [-0.15, -0.1) is 0 Å². The van der Waals surface area contributed by atoms with Crippen molar-refractivity contribution in [2.24, 2.45) is 0 Å². The number of halogens is 6. The summed E-state index contributed by atoms with van der Waals surface area (Å²) in [6.07, 6.45) is 0. The second-order valence-electron chi connectivity index (χ2n) is 14.1. The fourth-order valence-corrected chi connectivity index (χ4v) is 5.53. The van der Waals surface area contributed by atoms with Crippen LogP contribution in [0.1, 0.15) is 62.3 Å². The number of hydrogen-bond acceptors (Lipinski definition) is 23. The molecule has 49 heteroatoms. The van der Waals surface area contributed by atoms with E-state index >= 15 is 0 Å². The van der Waals surface area contributed by atoms with Gasteiger partial charge in [0.15, 0.2) is 20.2 Å². The third kappa shape index (κ3) is 48.1. The lowest BCUT2D eigenvalue weighted by atomic mass is 10.3. The Hall–Kier alpha value is -4.32. The molecule has 0 heterocycles. The number of carbonyl (C=O) groups is 6. The summed E-state index contributed by atoms with van der Waals surface area (Å²) >= 11 is 0. The third-order valence-electron chi connectivity index (χ3n) is 9.20. The van der Waals surface area contributed by atoms with Crippen LogP contribution in [0.4, 0.5) is 26.3 Å². The number of hydrogen-bond donors (Lipinski definition) is 12. The van der Waals surface area contributed by atoms with E-state index in [0.29, 0.717) is 0 Å². The first-order valence-corrected chi connectivity index (χ1v) is 28.6. The molecule has 0 amide bonds. The Morgan fingerprint density at radius 2 is 0.443 bits per heavy atom. The Kier molecular flexibility index (Phi) is 50.0. The van der Waals surface area contributed by atoms with Crippen molar-refractivity contribution in [3.63, 3.8) is 0 Å². The maximum atomic E-state index is 11.8. The molecular formula is C30H66BF6N3O33S6. The average molecular weight is 1310 g/mol. The van der Waals surface area contributed by atoms with E-state index in [1.54, 1.807) is 0 Å². The monoisotopic (exact) mass is 1310 g/mol. The quantitative estimate of drug-likeness (QED) is 0.0249. The minimum Gasteiger partial charge on any atom is -0.832 e. The van der Waals surface area contributed by atoms with Crippen LogP contribution in [0.5, 0.6) is 0 Å². The fourth-order valence-electron chi connectivity index (χ4n) is 2.40. The second-order valence-corrected chi connectivity index (χ2v) is 23.5. The number of nitrogens with zero attached hydrogens (tertiary/aromatic N) is 3. The zero-order valence-corrected chi connectivity index (χ0v) is 48.3. The van der Waals surface area contributed by atoms with Crippen molar-refractivity contribution in [3.05, 3.63) is 0 Å². The SMILES string of the molecule is CC[N+](C)(CC)CC.CC[N+](C)(CC)CC.CC[N+](C)(CC)CC.O=C(O)C(=O)O.O=C(O)C(=O)O.O=C(O)C(=O)O.O=S(=O)(O)C(F)(F)S(=O)(=O)O.O=S(=O)(O)C(F)(F)S(=O)(=O)O.O=S(=O)([O-])C(F)(F)S(=O)(=O)[O-].[O-]B(O)O. The average Bonchev–Trinajstić information content (AvgIpc) is 3.27. The fraction of sp³-hybridized carbons (Fsp3) is 0.800. The molecule has 0 bridgehead atoms. The predicted molar refractivity (Wildman–Crippen MR) is 250 cm³/mol. The molecule has 0 rings (SSSR count). The summed E-state index contributed by atoms with van der Waals surface area (Å²) in [6.45, 7) is 31.5. The number of carboxylic acid groups (broad SMARTS) is 6. The minimum atomic E-state index is -6.44. The molecule has 0 saturated carbocycles. The number of aliphatic carboxylic acids is 6. The van der Waals surface area contributed by atoms with Gasteiger partial charge in [0.05, 0.1) is 80.0 Å². The van der Waals surface area contributed by atoms with Crippen LogP contribution in [-0.2, 0) is 89.5 Å². The molecule has 0 aromatic heterocycles. The number of quaternary nitrogens is 3. The van der Waals surface area contributed by atoms with Gasteiger partial charge in [0.2, 0.25) is 0 Å². The number of alkyl halides is 6. The van der Waals surface area contributed by atoms with Gasteiger partial charge in [-0.2, -0.15) is 60.0 Å². The Labute approximate surface area is 450 Å². The van der Waals surface area contributed by atoms with E-state index in [1.165, 1.54) is 72.4 Å². The topological polar surface area (TPSA) is 619 Å². The Morgan fingerprint density at radius 3 is 0.443 bits per heavy atom. The van der Waals surface area contributed by atoms with Crippen molar-refractivity contribution in [1.82, 2.24) is 0 Å². The van der Waals surface area contributed by atoms with E-state index in [-0.39, 0.29) is 0 Å². The van der Waals surface area contributed by atoms with Gasteiger partial charge in [-0.3, -0.25) is 18.2 Å². The smallest absolute Gasteiger partial charge is 0.495 e. The molecule has 0 aromatic rings. The molecule has 0 aliphatic heterocycles. The van der Waals surface area contributed by atoms with Crippen LogP contribution in [-0.4, -0.2) is 269 Å². The maximum Gasteiger partial charge on any atom is 0.495 e. The molecule has 0 unspecified atom stereocenters. The molecule has 0 aromatic carbocycles. The van der Waals surface area contributed by atoms with Crippen LogP contribution in [0.2, 0.25) is 0 Å². The predicted octanol–water partition coefficient (Wildman–Crippen LogP) is -3.49. The van der Waals surface area contributed by atoms with Gasteiger partial charge in [0, 0.05) is 0 Å². The molecule has 0 aliphatic rings. The molecule has 480 valence electrons. The Bertz CT molecular complexity index is 2090. The van der Waals surface area contributed by atoms with Gasteiger partial charge in [-0.05, 0) is 62.3 Å². The van der Waals surface area contributed by atoms with Crippen LogP contribution in [0.3, 0.4) is 0 Å². The van der Waals surface area contributed by atoms with Crippen molar-refractivity contribution < 1.29 is 192 Å². The highest BCUT2D eigenvalue weighted by atomic mass is 32.3. The zero-order chi connectivity index (χ0) is 67.4. The normalized spacial score (nSPS) is 11.9. The minimum absolute atomic E-state index is 1.21. The molecular weight excluding hydrogens is 1250 g/mol. The van der Waals surface area contributed by atoms with Crippen LogP contribution in [0, 0.1) is 0 Å². The lowest BCUT2D eigenvalue weighted by Gasteiger charge is -2.30. The summed E-state index contributed by atoms with van der Waals surface area (Å²) in [5, 5.41) is 67.1. The molecule has 0 spiro atoms. The summed E-state index contributed by atoms with van der Waals surface area (Å²) in [5.74, 6) is -10.9. The zero-order valence-electron chi connectivity index (χ0n) is 43.4. The van der Waals surface area contributed by atoms with E-state index in [2.05, 4.69) is 83.5 Å². The molecule has 0 fully saturated rings. The van der Waals surface area contributed by atoms with Crippen molar-refractivity contribution in [2.45, 2.75) is 76.1 Å². The van der Waals surface area contributed by atoms with E-state index in [4.69, 9.17) is 92.7 Å². The third-order valence-corrected chi connectivity index (χ3v) is 16.5. The van der Waals surface area contributed by atoms with E-state index in [0.717, 1.165) is 0 Å². The highest BCUT2D eigenvalue weighted by Crippen LogP contribution is 2.27. The lowest BCUT2D eigenvalue weighted by molar-refractivity contribution is -0.904. The molecule has 0 aliphatic carbocycles. The summed E-state index contributed by atoms with van der Waals surface area (Å²) in [6, 6.07) is 0. The van der Waals surface area contributed by atoms with Gasteiger partial charge in [-0.25, -0.2) is 45.6 Å². The summed E-state index contributed by atoms with van der Waals surface area (Å²) < 4.78 is 220. The molecule has 0 radical (unpaired) electrons. The van der Waals surface area contributed by atoms with E-state index < -0.39 is 118 Å². The highest BCUT2D eigenvalue weighted by molar-refractivity contribution is 8.05. The molecule has 36 nitrogen and oxygen atoms in total. The molecule has 0 saturated heterocycles. The Balaban J connectivity index is -0.0000000847.